The van der Waals surface area contributed by atoms with Gasteiger partial charge in [-0.05, 0) is 38.5 Å². The molecule has 0 unspecified atom stereocenters. The van der Waals surface area contributed by atoms with Crippen molar-refractivity contribution in [3.05, 3.63) is 29.3 Å². The molecule has 5 nitrogen and oxygen atoms in total. The van der Waals surface area contributed by atoms with Gasteiger partial charge in [-0.1, -0.05) is 6.07 Å². The van der Waals surface area contributed by atoms with Gasteiger partial charge in [-0.2, -0.15) is 13.2 Å². The Morgan fingerprint density at radius 3 is 2.35 bits per heavy atom. The topological polar surface area (TPSA) is 66.8 Å². The number of hydrogen-bond donors (Lipinski definition) is 1. The number of carboxylic acid groups (broad SMARTS) is 1. The summed E-state index contributed by atoms with van der Waals surface area (Å²) in [5.41, 5.74) is -2.13. The fraction of sp³-hybridized carbons (Fsp3) is 0.467. The van der Waals surface area contributed by atoms with Gasteiger partial charge in [-0.15, -0.1) is 0 Å². The Morgan fingerprint density at radius 1 is 1.26 bits per heavy atom. The number of carbonyl (C=O) groups excluding carboxylic acids is 1. The summed E-state index contributed by atoms with van der Waals surface area (Å²) >= 11 is 0. The summed E-state index contributed by atoms with van der Waals surface area (Å²) in [5.74, 6) is -1.39. The number of alkyl halides is 3. The van der Waals surface area contributed by atoms with Crippen LogP contribution in [0.3, 0.4) is 0 Å². The average Bonchev–Trinajstić information content (AvgIpc) is 2.74. The fourth-order valence-corrected chi connectivity index (χ4v) is 2.47. The maximum Gasteiger partial charge on any atom is 0.416 e. The van der Waals surface area contributed by atoms with Gasteiger partial charge >= 0.3 is 18.2 Å². The molecule has 1 aliphatic rings. The zero-order chi connectivity index (χ0) is 17.6. The molecule has 0 bridgehead atoms. The Bertz CT molecular complexity index is 649. The van der Waals surface area contributed by atoms with E-state index in [1.54, 1.807) is 20.8 Å². The van der Waals surface area contributed by atoms with E-state index in [0.717, 1.165) is 17.0 Å². The second-order valence-electron chi connectivity index (χ2n) is 6.21. The molecule has 0 saturated carbocycles. The Kier molecular flexibility index (Phi) is 4.04. The number of ether oxygens (including phenoxy) is 1. The SMILES string of the molecule is CC(C)(C)OC(=O)N1c2cccc(C(F)(F)F)c2C[C@H]1C(=O)O. The van der Waals surface area contributed by atoms with E-state index < -0.39 is 41.9 Å². The summed E-state index contributed by atoms with van der Waals surface area (Å²) in [6, 6.07) is 1.88. The van der Waals surface area contributed by atoms with Crippen molar-refractivity contribution in [2.45, 2.75) is 45.0 Å². The monoisotopic (exact) mass is 331 g/mol. The number of aliphatic carboxylic acids is 1. The van der Waals surface area contributed by atoms with Crippen molar-refractivity contribution in [3.63, 3.8) is 0 Å². The predicted molar refractivity (Wildman–Crippen MR) is 75.3 cm³/mol. The summed E-state index contributed by atoms with van der Waals surface area (Å²) in [6.07, 6.45) is -6.03. The molecule has 2 rings (SSSR count). The Labute approximate surface area is 130 Å². The van der Waals surface area contributed by atoms with E-state index in [4.69, 9.17) is 4.74 Å². The van der Waals surface area contributed by atoms with Crippen LogP contribution in [0.25, 0.3) is 0 Å². The normalized spacial score (nSPS) is 17.8. The van der Waals surface area contributed by atoms with Crippen LogP contribution < -0.4 is 4.90 Å². The van der Waals surface area contributed by atoms with Gasteiger partial charge in [-0.3, -0.25) is 4.90 Å². The first-order valence-electron chi connectivity index (χ1n) is 6.86. The van der Waals surface area contributed by atoms with E-state index in [1.807, 2.05) is 0 Å². The van der Waals surface area contributed by atoms with Crippen LogP contribution in [0.2, 0.25) is 0 Å². The molecule has 0 aliphatic carbocycles. The van der Waals surface area contributed by atoms with E-state index in [0.29, 0.717) is 0 Å². The van der Waals surface area contributed by atoms with Crippen LogP contribution in [-0.2, 0) is 22.1 Å². The zero-order valence-electron chi connectivity index (χ0n) is 12.8. The average molecular weight is 331 g/mol. The molecule has 1 heterocycles. The largest absolute Gasteiger partial charge is 0.480 e. The molecule has 1 aromatic carbocycles. The van der Waals surface area contributed by atoms with Gasteiger partial charge in [0.05, 0.1) is 11.3 Å². The van der Waals surface area contributed by atoms with Gasteiger partial charge in [0.15, 0.2) is 0 Å². The minimum absolute atomic E-state index is 0.0820. The number of nitrogens with zero attached hydrogens (tertiary/aromatic N) is 1. The van der Waals surface area contributed by atoms with Gasteiger partial charge in [0, 0.05) is 6.42 Å². The minimum atomic E-state index is -4.63. The van der Waals surface area contributed by atoms with Crippen LogP contribution in [-0.4, -0.2) is 28.8 Å². The van der Waals surface area contributed by atoms with Crippen molar-refractivity contribution in [1.82, 2.24) is 0 Å². The first-order chi connectivity index (χ1) is 10.4. The third-order valence-electron chi connectivity index (χ3n) is 3.30. The van der Waals surface area contributed by atoms with Gasteiger partial charge in [0.1, 0.15) is 11.6 Å². The molecule has 8 heteroatoms. The van der Waals surface area contributed by atoms with Gasteiger partial charge in [0.25, 0.3) is 0 Å². The van der Waals surface area contributed by atoms with Crippen molar-refractivity contribution in [2.24, 2.45) is 0 Å². The van der Waals surface area contributed by atoms with E-state index >= 15 is 0 Å². The molecule has 0 fully saturated rings. The number of anilines is 1. The minimum Gasteiger partial charge on any atom is -0.480 e. The first kappa shape index (κ1) is 17.1. The molecular weight excluding hydrogens is 315 g/mol. The van der Waals surface area contributed by atoms with E-state index in [-0.39, 0.29) is 11.3 Å². The number of carbonyl (C=O) groups is 2. The molecule has 0 saturated heterocycles. The van der Waals surface area contributed by atoms with E-state index in [2.05, 4.69) is 0 Å². The molecular formula is C15H16F3NO4. The van der Waals surface area contributed by atoms with Crippen LogP contribution >= 0.6 is 0 Å². The van der Waals surface area contributed by atoms with Crippen LogP contribution in [0.5, 0.6) is 0 Å². The maximum absolute atomic E-state index is 13.1. The Balaban J connectivity index is 2.51. The highest BCUT2D eigenvalue weighted by molar-refractivity contribution is 5.99. The number of amides is 1. The standard InChI is InChI=1S/C15H16F3NO4/c1-14(2,3)23-13(22)19-10-6-4-5-9(15(16,17)18)8(10)7-11(19)12(20)21/h4-6,11H,7H2,1-3H3,(H,20,21)/t11-/m0/s1. The lowest BCUT2D eigenvalue weighted by molar-refractivity contribution is -0.140. The maximum atomic E-state index is 13.1. The highest BCUT2D eigenvalue weighted by Crippen LogP contribution is 2.42. The number of halogens is 3. The molecule has 1 amide bonds. The predicted octanol–water partition coefficient (Wildman–Crippen LogP) is 3.46. The molecule has 0 aromatic heterocycles. The Hall–Kier alpha value is -2.25. The Morgan fingerprint density at radius 2 is 1.87 bits per heavy atom. The quantitative estimate of drug-likeness (QED) is 0.856. The number of fused-ring (bicyclic) bond motifs is 1. The summed E-state index contributed by atoms with van der Waals surface area (Å²) in [6.45, 7) is 4.76. The second-order valence-corrected chi connectivity index (χ2v) is 6.21. The molecule has 1 N–H and O–H groups in total. The fourth-order valence-electron chi connectivity index (χ4n) is 2.47. The third-order valence-corrected chi connectivity index (χ3v) is 3.30. The van der Waals surface area contributed by atoms with Gasteiger partial charge < -0.3 is 9.84 Å². The van der Waals surface area contributed by atoms with Crippen LogP contribution in [0, 0.1) is 0 Å². The molecule has 0 radical (unpaired) electrons. The van der Waals surface area contributed by atoms with Gasteiger partial charge in [0.2, 0.25) is 0 Å². The molecule has 23 heavy (non-hydrogen) atoms. The first-order valence-corrected chi connectivity index (χ1v) is 6.86. The molecule has 1 atom stereocenters. The second kappa shape index (κ2) is 5.43. The molecule has 1 aliphatic heterocycles. The van der Waals surface area contributed by atoms with Crippen LogP contribution in [0.15, 0.2) is 18.2 Å². The number of rotatable bonds is 1. The summed E-state index contributed by atoms with van der Waals surface area (Å²) in [5, 5.41) is 9.27. The number of hydrogen-bond acceptors (Lipinski definition) is 3. The smallest absolute Gasteiger partial charge is 0.416 e. The van der Waals surface area contributed by atoms with Crippen molar-refractivity contribution >= 4 is 17.7 Å². The summed E-state index contributed by atoms with van der Waals surface area (Å²) in [4.78, 5) is 24.4. The third kappa shape index (κ3) is 3.40. The lowest BCUT2D eigenvalue weighted by Gasteiger charge is -2.27. The van der Waals surface area contributed by atoms with Crippen molar-refractivity contribution in [1.29, 1.82) is 0 Å². The van der Waals surface area contributed by atoms with Crippen LogP contribution in [0.1, 0.15) is 31.9 Å². The van der Waals surface area contributed by atoms with E-state index in [9.17, 15) is 27.9 Å². The lowest BCUT2D eigenvalue weighted by atomic mass is 10.0. The summed E-state index contributed by atoms with van der Waals surface area (Å²) < 4.78 is 44.4. The van der Waals surface area contributed by atoms with Crippen molar-refractivity contribution in [3.8, 4) is 0 Å². The van der Waals surface area contributed by atoms with E-state index in [1.165, 1.54) is 6.07 Å². The molecule has 126 valence electrons. The lowest BCUT2D eigenvalue weighted by Crippen LogP contribution is -2.45. The van der Waals surface area contributed by atoms with Gasteiger partial charge in [-0.25, -0.2) is 9.59 Å². The summed E-state index contributed by atoms with van der Waals surface area (Å²) in [7, 11) is 0. The zero-order valence-corrected chi connectivity index (χ0v) is 12.8. The number of carboxylic acids is 1. The van der Waals surface area contributed by atoms with Crippen molar-refractivity contribution in [2.75, 3.05) is 4.90 Å². The van der Waals surface area contributed by atoms with Crippen molar-refractivity contribution < 1.29 is 32.6 Å². The van der Waals surface area contributed by atoms with Crippen LogP contribution in [0.4, 0.5) is 23.7 Å². The molecule has 0 spiro atoms. The molecule has 1 aromatic rings. The highest BCUT2D eigenvalue weighted by atomic mass is 19.4. The highest BCUT2D eigenvalue weighted by Gasteiger charge is 2.45. The number of benzene rings is 1.